The summed E-state index contributed by atoms with van der Waals surface area (Å²) in [6.07, 6.45) is 1.20. The Labute approximate surface area is 88.6 Å². The molecule has 0 radical (unpaired) electrons. The quantitative estimate of drug-likeness (QED) is 0.668. The number of hydrogen-bond acceptors (Lipinski definition) is 3. The van der Waals surface area contributed by atoms with Crippen molar-refractivity contribution < 1.29 is 19.4 Å². The number of carbonyl (C=O) groups is 2. The van der Waals surface area contributed by atoms with Crippen LogP contribution in [0, 0.1) is 17.3 Å². The summed E-state index contributed by atoms with van der Waals surface area (Å²) >= 11 is 0. The second kappa shape index (κ2) is 2.74. The van der Waals surface area contributed by atoms with Crippen LogP contribution in [0.1, 0.15) is 33.6 Å². The Morgan fingerprint density at radius 3 is 2.47 bits per heavy atom. The zero-order valence-electron chi connectivity index (χ0n) is 9.24. The monoisotopic (exact) mass is 212 g/mol. The van der Waals surface area contributed by atoms with Crippen molar-refractivity contribution in [1.29, 1.82) is 0 Å². The summed E-state index contributed by atoms with van der Waals surface area (Å²) in [5.74, 6) is -2.29. The Hall–Kier alpha value is -1.06. The van der Waals surface area contributed by atoms with Crippen LogP contribution < -0.4 is 0 Å². The minimum Gasteiger partial charge on any atom is -0.481 e. The molecule has 2 bridgehead atoms. The summed E-state index contributed by atoms with van der Waals surface area (Å²) in [7, 11) is 0. The number of fused-ring (bicyclic) bond motifs is 3. The molecule has 0 aromatic heterocycles. The fourth-order valence-corrected chi connectivity index (χ4v) is 3.37. The first-order chi connectivity index (χ1) is 6.75. The molecular weight excluding hydrogens is 196 g/mol. The second-order valence-electron chi connectivity index (χ2n) is 5.66. The van der Waals surface area contributed by atoms with Gasteiger partial charge in [-0.3, -0.25) is 9.59 Å². The molecule has 1 aliphatic carbocycles. The lowest BCUT2D eigenvalue weighted by Crippen LogP contribution is -2.60. The number of carboxylic acids is 1. The molecule has 4 nitrogen and oxygen atoms in total. The van der Waals surface area contributed by atoms with Gasteiger partial charge in [-0.25, -0.2) is 0 Å². The summed E-state index contributed by atoms with van der Waals surface area (Å²) in [6, 6.07) is 0. The maximum atomic E-state index is 11.7. The molecule has 84 valence electrons. The molecule has 2 saturated heterocycles. The van der Waals surface area contributed by atoms with E-state index in [-0.39, 0.29) is 11.4 Å². The van der Waals surface area contributed by atoms with Gasteiger partial charge >= 0.3 is 11.9 Å². The van der Waals surface area contributed by atoms with E-state index in [1.54, 1.807) is 0 Å². The lowest BCUT2D eigenvalue weighted by atomic mass is 9.57. The van der Waals surface area contributed by atoms with E-state index >= 15 is 0 Å². The molecular formula is C11H16O4. The predicted octanol–water partition coefficient (Wildman–Crippen LogP) is 1.44. The first-order valence-electron chi connectivity index (χ1n) is 5.21. The van der Waals surface area contributed by atoms with Gasteiger partial charge < -0.3 is 9.84 Å². The van der Waals surface area contributed by atoms with Gasteiger partial charge in [-0.05, 0) is 18.8 Å². The van der Waals surface area contributed by atoms with E-state index in [0.717, 1.165) is 6.42 Å². The third kappa shape index (κ3) is 1.43. The summed E-state index contributed by atoms with van der Waals surface area (Å²) in [4.78, 5) is 22.8. The molecule has 15 heavy (non-hydrogen) atoms. The average Bonchev–Trinajstić information content (AvgIpc) is 1.97. The topological polar surface area (TPSA) is 63.6 Å². The average molecular weight is 212 g/mol. The van der Waals surface area contributed by atoms with Crippen molar-refractivity contribution in [2.45, 2.75) is 39.2 Å². The van der Waals surface area contributed by atoms with Crippen LogP contribution in [0.4, 0.5) is 0 Å². The Balaban J connectivity index is 2.42. The van der Waals surface area contributed by atoms with Crippen LogP contribution in [0.5, 0.6) is 0 Å². The molecule has 2 aliphatic heterocycles. The van der Waals surface area contributed by atoms with Gasteiger partial charge in [-0.1, -0.05) is 13.8 Å². The van der Waals surface area contributed by atoms with Crippen LogP contribution in [-0.4, -0.2) is 22.6 Å². The van der Waals surface area contributed by atoms with Gasteiger partial charge in [0.1, 0.15) is 5.60 Å². The summed E-state index contributed by atoms with van der Waals surface area (Å²) in [6.45, 7) is 5.73. The third-order valence-electron chi connectivity index (χ3n) is 3.64. The van der Waals surface area contributed by atoms with Gasteiger partial charge in [0.2, 0.25) is 0 Å². The maximum Gasteiger partial charge on any atom is 0.310 e. The molecule has 0 aromatic carbocycles. The zero-order chi connectivity index (χ0) is 11.4. The van der Waals surface area contributed by atoms with Crippen LogP contribution in [0.25, 0.3) is 0 Å². The Morgan fingerprint density at radius 2 is 2.07 bits per heavy atom. The largest absolute Gasteiger partial charge is 0.481 e. The predicted molar refractivity (Wildman–Crippen MR) is 52.1 cm³/mol. The number of esters is 1. The maximum absolute atomic E-state index is 11.7. The minimum absolute atomic E-state index is 0.272. The van der Waals surface area contributed by atoms with Gasteiger partial charge in [-0.2, -0.15) is 0 Å². The molecule has 1 N–H and O–H groups in total. The number of carboxylic acid groups (broad SMARTS) is 1. The van der Waals surface area contributed by atoms with Crippen LogP contribution in [-0.2, 0) is 14.3 Å². The van der Waals surface area contributed by atoms with Crippen LogP contribution in [0.3, 0.4) is 0 Å². The van der Waals surface area contributed by atoms with Crippen molar-refractivity contribution in [2.24, 2.45) is 17.3 Å². The lowest BCUT2D eigenvalue weighted by Gasteiger charge is -2.54. The minimum atomic E-state index is -0.879. The molecule has 3 fully saturated rings. The van der Waals surface area contributed by atoms with Crippen molar-refractivity contribution in [3.8, 4) is 0 Å². The summed E-state index contributed by atoms with van der Waals surface area (Å²) < 4.78 is 5.29. The standard InChI is InChI=1S/C11H16O4/c1-10(2)5-11(3)4-6(8(12)13)7(10)9(14)15-11/h6-7H,4-5H2,1-3H3,(H,12,13)/t6-,7+,11-/m0/s1. The van der Waals surface area contributed by atoms with Gasteiger partial charge in [0.15, 0.2) is 0 Å². The molecule has 0 aromatic rings. The fraction of sp³-hybridized carbons (Fsp3) is 0.818. The van der Waals surface area contributed by atoms with Crippen molar-refractivity contribution >= 4 is 11.9 Å². The molecule has 3 atom stereocenters. The van der Waals surface area contributed by atoms with E-state index in [4.69, 9.17) is 9.84 Å². The van der Waals surface area contributed by atoms with E-state index in [0.29, 0.717) is 6.42 Å². The lowest BCUT2D eigenvalue weighted by molar-refractivity contribution is -0.218. The first kappa shape index (κ1) is 10.5. The molecule has 0 unspecified atom stereocenters. The van der Waals surface area contributed by atoms with Crippen molar-refractivity contribution in [3.05, 3.63) is 0 Å². The fourth-order valence-electron chi connectivity index (χ4n) is 3.37. The van der Waals surface area contributed by atoms with Gasteiger partial charge in [0.25, 0.3) is 0 Å². The molecule has 0 amide bonds. The Bertz CT molecular complexity index is 331. The van der Waals surface area contributed by atoms with Crippen LogP contribution in [0.2, 0.25) is 0 Å². The highest BCUT2D eigenvalue weighted by Gasteiger charge is 2.60. The SMILES string of the molecule is CC1(C)C[C@]2(C)C[C@H](C(=O)O)[C@@H]1C(=O)O2. The molecule has 3 aliphatic rings. The van der Waals surface area contributed by atoms with E-state index in [1.807, 2.05) is 20.8 Å². The smallest absolute Gasteiger partial charge is 0.310 e. The zero-order valence-corrected chi connectivity index (χ0v) is 9.24. The van der Waals surface area contributed by atoms with Gasteiger partial charge in [-0.15, -0.1) is 0 Å². The summed E-state index contributed by atoms with van der Waals surface area (Å²) in [5.41, 5.74) is -0.857. The third-order valence-corrected chi connectivity index (χ3v) is 3.64. The molecule has 0 spiro atoms. The summed E-state index contributed by atoms with van der Waals surface area (Å²) in [5, 5.41) is 9.12. The van der Waals surface area contributed by atoms with E-state index in [1.165, 1.54) is 0 Å². The highest BCUT2D eigenvalue weighted by molar-refractivity contribution is 5.84. The highest BCUT2D eigenvalue weighted by atomic mass is 16.6. The van der Waals surface area contributed by atoms with E-state index in [2.05, 4.69) is 0 Å². The number of rotatable bonds is 1. The number of aliphatic carboxylic acids is 1. The van der Waals surface area contributed by atoms with Gasteiger partial charge in [0, 0.05) is 6.42 Å². The Kier molecular flexibility index (Phi) is 1.91. The first-order valence-corrected chi connectivity index (χ1v) is 5.21. The van der Waals surface area contributed by atoms with E-state index < -0.39 is 23.4 Å². The van der Waals surface area contributed by atoms with Crippen molar-refractivity contribution in [1.82, 2.24) is 0 Å². The number of carbonyl (C=O) groups excluding carboxylic acids is 1. The molecule has 1 saturated carbocycles. The molecule has 4 heteroatoms. The van der Waals surface area contributed by atoms with Crippen LogP contribution in [0.15, 0.2) is 0 Å². The molecule has 2 heterocycles. The van der Waals surface area contributed by atoms with E-state index in [9.17, 15) is 9.59 Å². The second-order valence-corrected chi connectivity index (χ2v) is 5.66. The normalized spacial score (nSPS) is 42.5. The number of ether oxygens (including phenoxy) is 1. The highest BCUT2D eigenvalue weighted by Crippen LogP contribution is 2.54. The number of hydrogen-bond donors (Lipinski definition) is 1. The Morgan fingerprint density at radius 1 is 1.47 bits per heavy atom. The van der Waals surface area contributed by atoms with Gasteiger partial charge in [0.05, 0.1) is 11.8 Å². The molecule has 3 rings (SSSR count). The van der Waals surface area contributed by atoms with Crippen molar-refractivity contribution in [2.75, 3.05) is 0 Å². The van der Waals surface area contributed by atoms with Crippen molar-refractivity contribution in [3.63, 3.8) is 0 Å². The van der Waals surface area contributed by atoms with Crippen LogP contribution >= 0.6 is 0 Å².